The molecule has 96 valence electrons. The Morgan fingerprint density at radius 2 is 1.94 bits per heavy atom. The van der Waals surface area contributed by atoms with Crippen molar-refractivity contribution in [2.45, 2.75) is 26.7 Å². The van der Waals surface area contributed by atoms with Gasteiger partial charge in [0.05, 0.1) is 6.61 Å². The number of carbonyl (C=O) groups is 1. The molecule has 1 amide bonds. The average molecular weight is 245 g/mol. The van der Waals surface area contributed by atoms with Crippen molar-refractivity contribution >= 4 is 11.6 Å². The highest BCUT2D eigenvalue weighted by molar-refractivity contribution is 5.89. The van der Waals surface area contributed by atoms with E-state index in [0.29, 0.717) is 13.0 Å². The van der Waals surface area contributed by atoms with E-state index in [2.05, 4.69) is 6.08 Å². The molecular weight excluding hydrogens is 226 g/mol. The molecule has 0 spiro atoms. The molecule has 1 aliphatic heterocycles. The Morgan fingerprint density at radius 1 is 1.22 bits per heavy atom. The van der Waals surface area contributed by atoms with Gasteiger partial charge in [0.1, 0.15) is 5.75 Å². The molecule has 0 saturated heterocycles. The smallest absolute Gasteiger partial charge is 0.227 e. The van der Waals surface area contributed by atoms with Crippen LogP contribution in [0.4, 0.5) is 0 Å². The predicted molar refractivity (Wildman–Crippen MR) is 72.2 cm³/mol. The van der Waals surface area contributed by atoms with Crippen molar-refractivity contribution in [3.8, 4) is 5.75 Å². The molecule has 0 atom stereocenters. The van der Waals surface area contributed by atoms with Crippen LogP contribution in [-0.2, 0) is 4.79 Å². The number of allylic oxidation sites excluding steroid dienone is 1. The maximum absolute atomic E-state index is 11.8. The quantitative estimate of drug-likeness (QED) is 0.816. The van der Waals surface area contributed by atoms with Crippen LogP contribution in [0.1, 0.15) is 32.3 Å². The lowest BCUT2D eigenvalue weighted by Crippen LogP contribution is -2.31. The highest BCUT2D eigenvalue weighted by Crippen LogP contribution is 2.26. The van der Waals surface area contributed by atoms with Crippen LogP contribution in [0.15, 0.2) is 30.3 Å². The highest BCUT2D eigenvalue weighted by atomic mass is 16.5. The summed E-state index contributed by atoms with van der Waals surface area (Å²) in [5.74, 6) is 1.08. The van der Waals surface area contributed by atoms with Gasteiger partial charge in [0.25, 0.3) is 0 Å². The second-order valence-electron chi connectivity index (χ2n) is 4.22. The first-order chi connectivity index (χ1) is 8.76. The summed E-state index contributed by atoms with van der Waals surface area (Å²) in [6, 6.07) is 7.93. The van der Waals surface area contributed by atoms with Gasteiger partial charge in [-0.05, 0) is 50.1 Å². The lowest BCUT2D eigenvalue weighted by molar-refractivity contribution is -0.128. The van der Waals surface area contributed by atoms with E-state index in [1.807, 2.05) is 43.0 Å². The summed E-state index contributed by atoms with van der Waals surface area (Å²) >= 11 is 0. The van der Waals surface area contributed by atoms with E-state index >= 15 is 0 Å². The second-order valence-corrected chi connectivity index (χ2v) is 4.22. The third kappa shape index (κ3) is 2.55. The molecule has 0 fully saturated rings. The van der Waals surface area contributed by atoms with E-state index in [4.69, 9.17) is 4.74 Å². The van der Waals surface area contributed by atoms with Crippen molar-refractivity contribution in [3.63, 3.8) is 0 Å². The topological polar surface area (TPSA) is 29.5 Å². The van der Waals surface area contributed by atoms with Gasteiger partial charge in [-0.25, -0.2) is 0 Å². The van der Waals surface area contributed by atoms with Gasteiger partial charge in [0.15, 0.2) is 0 Å². The van der Waals surface area contributed by atoms with Crippen molar-refractivity contribution in [2.24, 2.45) is 0 Å². The van der Waals surface area contributed by atoms with Gasteiger partial charge in [-0.2, -0.15) is 0 Å². The zero-order valence-corrected chi connectivity index (χ0v) is 11.0. The molecule has 0 aromatic heterocycles. The maximum Gasteiger partial charge on any atom is 0.227 e. The zero-order chi connectivity index (χ0) is 13.0. The summed E-state index contributed by atoms with van der Waals surface area (Å²) in [5.41, 5.74) is 2.10. The first-order valence-corrected chi connectivity index (χ1v) is 6.50. The number of nitrogens with zero attached hydrogens (tertiary/aromatic N) is 1. The Morgan fingerprint density at radius 3 is 2.56 bits per heavy atom. The first-order valence-electron chi connectivity index (χ1n) is 6.50. The lowest BCUT2D eigenvalue weighted by Gasteiger charge is -2.27. The number of amides is 1. The summed E-state index contributed by atoms with van der Waals surface area (Å²) in [5, 5.41) is 0. The molecule has 0 saturated carbocycles. The third-order valence-corrected chi connectivity index (χ3v) is 3.07. The van der Waals surface area contributed by atoms with E-state index < -0.39 is 0 Å². The molecule has 0 aliphatic carbocycles. The molecule has 1 aromatic carbocycles. The monoisotopic (exact) mass is 245 g/mol. The summed E-state index contributed by atoms with van der Waals surface area (Å²) in [7, 11) is 0. The Balaban J connectivity index is 2.24. The van der Waals surface area contributed by atoms with Crippen LogP contribution in [0.2, 0.25) is 0 Å². The molecule has 18 heavy (non-hydrogen) atoms. The van der Waals surface area contributed by atoms with E-state index in [1.54, 1.807) is 0 Å². The van der Waals surface area contributed by atoms with Gasteiger partial charge in [-0.15, -0.1) is 0 Å². The summed E-state index contributed by atoms with van der Waals surface area (Å²) in [6.07, 6.45) is 3.59. The van der Waals surface area contributed by atoms with Crippen LogP contribution in [0.5, 0.6) is 5.75 Å². The van der Waals surface area contributed by atoms with Gasteiger partial charge in [-0.1, -0.05) is 6.08 Å². The fraction of sp³-hybridized carbons (Fsp3) is 0.400. The Kier molecular flexibility index (Phi) is 4.03. The first kappa shape index (κ1) is 12.7. The van der Waals surface area contributed by atoms with E-state index in [1.165, 1.54) is 0 Å². The van der Waals surface area contributed by atoms with Gasteiger partial charge < -0.3 is 9.64 Å². The number of hydrogen-bond donors (Lipinski definition) is 0. The maximum atomic E-state index is 11.8. The minimum Gasteiger partial charge on any atom is -0.494 e. The van der Waals surface area contributed by atoms with E-state index in [-0.39, 0.29) is 5.91 Å². The average Bonchev–Trinajstić information content (AvgIpc) is 2.40. The van der Waals surface area contributed by atoms with Crippen molar-refractivity contribution in [1.82, 2.24) is 4.90 Å². The van der Waals surface area contributed by atoms with E-state index in [0.717, 1.165) is 30.0 Å². The summed E-state index contributed by atoms with van der Waals surface area (Å²) in [6.45, 7) is 5.36. The normalized spacial score (nSPS) is 15.6. The van der Waals surface area contributed by atoms with Crippen molar-refractivity contribution < 1.29 is 9.53 Å². The molecule has 0 bridgehead atoms. The minimum atomic E-state index is 0.212. The van der Waals surface area contributed by atoms with Gasteiger partial charge in [0.2, 0.25) is 5.91 Å². The minimum absolute atomic E-state index is 0.212. The molecule has 2 rings (SSSR count). The fourth-order valence-corrected chi connectivity index (χ4v) is 2.22. The SMILES string of the molecule is CCOc1ccc(C2=CCCC(=O)N2CC)cc1. The Labute approximate surface area is 108 Å². The number of benzene rings is 1. The zero-order valence-electron chi connectivity index (χ0n) is 11.0. The van der Waals surface area contributed by atoms with Crippen LogP contribution in [0, 0.1) is 0 Å². The molecule has 0 radical (unpaired) electrons. The highest BCUT2D eigenvalue weighted by Gasteiger charge is 2.20. The third-order valence-electron chi connectivity index (χ3n) is 3.07. The molecule has 0 unspecified atom stereocenters. The standard InChI is InChI=1S/C15H19NO2/c1-3-16-14(6-5-7-15(16)17)12-8-10-13(11-9-12)18-4-2/h6,8-11H,3-5,7H2,1-2H3. The Bertz CT molecular complexity index is 448. The molecular formula is C15H19NO2. The van der Waals surface area contributed by atoms with Gasteiger partial charge >= 0.3 is 0 Å². The molecule has 3 heteroatoms. The van der Waals surface area contributed by atoms with Gasteiger partial charge in [0, 0.05) is 18.7 Å². The molecule has 1 aromatic rings. The van der Waals surface area contributed by atoms with E-state index in [9.17, 15) is 4.79 Å². The largest absolute Gasteiger partial charge is 0.494 e. The molecule has 1 heterocycles. The van der Waals surface area contributed by atoms with Crippen LogP contribution < -0.4 is 4.74 Å². The molecule has 1 aliphatic rings. The van der Waals surface area contributed by atoms with Crippen LogP contribution in [0.25, 0.3) is 5.70 Å². The van der Waals surface area contributed by atoms with Crippen LogP contribution in [0.3, 0.4) is 0 Å². The molecule has 3 nitrogen and oxygen atoms in total. The number of hydrogen-bond acceptors (Lipinski definition) is 2. The van der Waals surface area contributed by atoms with Crippen molar-refractivity contribution in [1.29, 1.82) is 0 Å². The number of ether oxygens (including phenoxy) is 1. The van der Waals surface area contributed by atoms with Crippen molar-refractivity contribution in [3.05, 3.63) is 35.9 Å². The van der Waals surface area contributed by atoms with Crippen LogP contribution >= 0.6 is 0 Å². The number of rotatable bonds is 4. The summed E-state index contributed by atoms with van der Waals surface area (Å²) < 4.78 is 5.42. The van der Waals surface area contributed by atoms with Crippen LogP contribution in [-0.4, -0.2) is 24.0 Å². The fourth-order valence-electron chi connectivity index (χ4n) is 2.22. The Hall–Kier alpha value is -1.77. The predicted octanol–water partition coefficient (Wildman–Crippen LogP) is 3.07. The van der Waals surface area contributed by atoms with Crippen molar-refractivity contribution in [2.75, 3.05) is 13.2 Å². The lowest BCUT2D eigenvalue weighted by atomic mass is 10.0. The second kappa shape index (κ2) is 5.71. The summed E-state index contributed by atoms with van der Waals surface area (Å²) in [4.78, 5) is 13.7. The van der Waals surface area contributed by atoms with Gasteiger partial charge in [-0.3, -0.25) is 4.79 Å². The number of carbonyl (C=O) groups excluding carboxylic acids is 1. The molecule has 0 N–H and O–H groups in total.